The molecule has 2 atom stereocenters. The molecule has 0 aromatic carbocycles. The Balaban J connectivity index is 4.50. The fourth-order valence-electron chi connectivity index (χ4n) is 2.10. The fraction of sp³-hybridized carbons (Fsp3) is 0.929. The summed E-state index contributed by atoms with van der Waals surface area (Å²) >= 11 is 0. The van der Waals surface area contributed by atoms with Gasteiger partial charge in [0.25, 0.3) is 0 Å². The van der Waals surface area contributed by atoms with Gasteiger partial charge in [-0.25, -0.2) is 0 Å². The molecule has 0 amide bonds. The molecule has 0 heterocycles. The van der Waals surface area contributed by atoms with Gasteiger partial charge in [-0.1, -0.05) is 27.2 Å². The Bertz CT molecular complexity index is 232. The van der Waals surface area contributed by atoms with Crippen LogP contribution in [-0.2, 0) is 4.79 Å². The molecule has 0 aromatic heterocycles. The number of rotatable bonds is 10. The van der Waals surface area contributed by atoms with Gasteiger partial charge in [0.15, 0.2) is 0 Å². The quantitative estimate of drug-likeness (QED) is 0.652. The van der Waals surface area contributed by atoms with Crippen molar-refractivity contribution >= 4 is 5.97 Å². The monoisotopic (exact) mass is 258 g/mol. The molecule has 0 radical (unpaired) electrons. The number of nitrogens with zero attached hydrogens (tertiary/aromatic N) is 2. The average molecular weight is 258 g/mol. The standard InChI is InChI=1S/C14H30N2O2/c1-6-12(3)10-13(7-2)16(11-14(17)18)9-8-15(4)5/h12-13H,6-11H2,1-5H3,(H,17,18). The number of hydrogen-bond acceptors (Lipinski definition) is 3. The van der Waals surface area contributed by atoms with Crippen molar-refractivity contribution in [3.63, 3.8) is 0 Å². The molecule has 4 nitrogen and oxygen atoms in total. The van der Waals surface area contributed by atoms with Crippen LogP contribution in [0.2, 0.25) is 0 Å². The molecular formula is C14H30N2O2. The molecule has 0 aliphatic rings. The van der Waals surface area contributed by atoms with E-state index >= 15 is 0 Å². The first kappa shape index (κ1) is 17.4. The molecule has 0 bridgehead atoms. The molecule has 1 N–H and O–H groups in total. The number of hydrogen-bond donors (Lipinski definition) is 1. The third kappa shape index (κ3) is 7.67. The maximum atomic E-state index is 11.0. The lowest BCUT2D eigenvalue weighted by atomic mass is 9.96. The summed E-state index contributed by atoms with van der Waals surface area (Å²) in [6.07, 6.45) is 3.27. The van der Waals surface area contributed by atoms with Crippen LogP contribution in [0.1, 0.15) is 40.0 Å². The van der Waals surface area contributed by atoms with Gasteiger partial charge in [-0.3, -0.25) is 9.69 Å². The van der Waals surface area contributed by atoms with Crippen LogP contribution >= 0.6 is 0 Å². The Kier molecular flexibility index (Phi) is 9.02. The highest BCUT2D eigenvalue weighted by Gasteiger charge is 2.20. The van der Waals surface area contributed by atoms with Crippen molar-refractivity contribution in [3.05, 3.63) is 0 Å². The smallest absolute Gasteiger partial charge is 0.317 e. The van der Waals surface area contributed by atoms with Gasteiger partial charge in [0.05, 0.1) is 6.54 Å². The second kappa shape index (κ2) is 9.34. The van der Waals surface area contributed by atoms with E-state index in [4.69, 9.17) is 5.11 Å². The van der Waals surface area contributed by atoms with E-state index in [1.807, 2.05) is 14.1 Å². The minimum Gasteiger partial charge on any atom is -0.480 e. The topological polar surface area (TPSA) is 43.8 Å². The summed E-state index contributed by atoms with van der Waals surface area (Å²) in [4.78, 5) is 15.2. The molecule has 0 rings (SSSR count). The largest absolute Gasteiger partial charge is 0.480 e. The van der Waals surface area contributed by atoms with E-state index in [1.54, 1.807) is 0 Å². The van der Waals surface area contributed by atoms with E-state index < -0.39 is 5.97 Å². The summed E-state index contributed by atoms with van der Waals surface area (Å²) in [7, 11) is 4.04. The molecule has 4 heteroatoms. The van der Waals surface area contributed by atoms with Gasteiger partial charge < -0.3 is 10.0 Å². The third-order valence-corrected chi connectivity index (χ3v) is 3.53. The predicted molar refractivity (Wildman–Crippen MR) is 75.9 cm³/mol. The summed E-state index contributed by atoms with van der Waals surface area (Å²) in [5.74, 6) is -0.0676. The van der Waals surface area contributed by atoms with Crippen LogP contribution < -0.4 is 0 Å². The zero-order chi connectivity index (χ0) is 14.1. The normalized spacial score (nSPS) is 15.1. The molecule has 0 fully saturated rings. The van der Waals surface area contributed by atoms with Gasteiger partial charge in [-0.2, -0.15) is 0 Å². The first-order valence-corrected chi connectivity index (χ1v) is 7.01. The van der Waals surface area contributed by atoms with Gasteiger partial charge in [0.1, 0.15) is 0 Å². The van der Waals surface area contributed by atoms with E-state index in [2.05, 4.69) is 30.6 Å². The van der Waals surface area contributed by atoms with Crippen molar-refractivity contribution in [1.29, 1.82) is 0 Å². The Morgan fingerprint density at radius 2 is 1.78 bits per heavy atom. The van der Waals surface area contributed by atoms with Crippen LogP contribution in [0.4, 0.5) is 0 Å². The summed E-state index contributed by atoms with van der Waals surface area (Å²) in [6.45, 7) is 8.48. The van der Waals surface area contributed by atoms with Crippen LogP contribution in [0.5, 0.6) is 0 Å². The van der Waals surface area contributed by atoms with E-state index in [0.29, 0.717) is 12.0 Å². The highest BCUT2D eigenvalue weighted by Crippen LogP contribution is 2.17. The molecule has 18 heavy (non-hydrogen) atoms. The number of aliphatic carboxylic acids is 1. The average Bonchev–Trinajstić information content (AvgIpc) is 2.30. The second-order valence-corrected chi connectivity index (χ2v) is 5.48. The van der Waals surface area contributed by atoms with Gasteiger partial charge in [0, 0.05) is 19.1 Å². The lowest BCUT2D eigenvalue weighted by Gasteiger charge is -2.32. The number of carboxylic acid groups (broad SMARTS) is 1. The van der Waals surface area contributed by atoms with Crippen molar-refractivity contribution in [1.82, 2.24) is 9.80 Å². The summed E-state index contributed by atoms with van der Waals surface area (Å²) in [5.41, 5.74) is 0. The first-order valence-electron chi connectivity index (χ1n) is 7.01. The zero-order valence-electron chi connectivity index (χ0n) is 12.6. The van der Waals surface area contributed by atoms with E-state index in [9.17, 15) is 4.79 Å². The van der Waals surface area contributed by atoms with Crippen molar-refractivity contribution in [3.8, 4) is 0 Å². The van der Waals surface area contributed by atoms with Crippen molar-refractivity contribution < 1.29 is 9.90 Å². The molecule has 2 unspecified atom stereocenters. The van der Waals surface area contributed by atoms with Gasteiger partial charge in [-0.05, 0) is 32.9 Å². The van der Waals surface area contributed by atoms with Gasteiger partial charge >= 0.3 is 5.97 Å². The Hall–Kier alpha value is -0.610. The fourth-order valence-corrected chi connectivity index (χ4v) is 2.10. The Morgan fingerprint density at radius 1 is 1.17 bits per heavy atom. The molecule has 0 aromatic rings. The number of carbonyl (C=O) groups is 1. The van der Waals surface area contributed by atoms with Gasteiger partial charge in [-0.15, -0.1) is 0 Å². The van der Waals surface area contributed by atoms with E-state index in [0.717, 1.165) is 32.4 Å². The van der Waals surface area contributed by atoms with Crippen molar-refractivity contribution in [2.75, 3.05) is 33.7 Å². The summed E-state index contributed by atoms with van der Waals surface area (Å²) < 4.78 is 0. The van der Waals surface area contributed by atoms with Gasteiger partial charge in [0.2, 0.25) is 0 Å². The maximum Gasteiger partial charge on any atom is 0.317 e. The molecule has 0 saturated heterocycles. The van der Waals surface area contributed by atoms with Crippen molar-refractivity contribution in [2.24, 2.45) is 5.92 Å². The van der Waals surface area contributed by atoms with Crippen LogP contribution in [0.3, 0.4) is 0 Å². The first-order chi connectivity index (χ1) is 8.40. The lowest BCUT2D eigenvalue weighted by molar-refractivity contribution is -0.139. The van der Waals surface area contributed by atoms with Crippen molar-refractivity contribution in [2.45, 2.75) is 46.1 Å². The number of carboxylic acids is 1. The molecule has 108 valence electrons. The molecule has 0 spiro atoms. The van der Waals surface area contributed by atoms with Crippen LogP contribution in [0.25, 0.3) is 0 Å². The second-order valence-electron chi connectivity index (χ2n) is 5.48. The van der Waals surface area contributed by atoms with Crippen LogP contribution in [-0.4, -0.2) is 60.6 Å². The molecule has 0 saturated carbocycles. The summed E-state index contributed by atoms with van der Waals surface area (Å²) in [5, 5.41) is 9.03. The lowest BCUT2D eigenvalue weighted by Crippen LogP contribution is -2.43. The Labute approximate surface area is 112 Å². The zero-order valence-corrected chi connectivity index (χ0v) is 12.6. The van der Waals surface area contributed by atoms with E-state index in [-0.39, 0.29) is 6.54 Å². The third-order valence-electron chi connectivity index (χ3n) is 3.53. The van der Waals surface area contributed by atoms with Crippen LogP contribution in [0, 0.1) is 5.92 Å². The molecule has 0 aliphatic carbocycles. The van der Waals surface area contributed by atoms with E-state index in [1.165, 1.54) is 0 Å². The van der Waals surface area contributed by atoms with Crippen LogP contribution in [0.15, 0.2) is 0 Å². The molecule has 0 aliphatic heterocycles. The Morgan fingerprint density at radius 3 is 2.17 bits per heavy atom. The minimum atomic E-state index is -0.726. The maximum absolute atomic E-state index is 11.0. The summed E-state index contributed by atoms with van der Waals surface area (Å²) in [6, 6.07) is 0.385. The minimum absolute atomic E-state index is 0.156. The SMILES string of the molecule is CCC(C)CC(CC)N(CCN(C)C)CC(=O)O. The highest BCUT2D eigenvalue weighted by atomic mass is 16.4. The predicted octanol–water partition coefficient (Wildman–Crippen LogP) is 2.15. The molecular weight excluding hydrogens is 228 g/mol. The number of likely N-dealkylation sites (N-methyl/N-ethyl adjacent to an activating group) is 1. The highest BCUT2D eigenvalue weighted by molar-refractivity contribution is 5.69.